The second-order valence-corrected chi connectivity index (χ2v) is 4.86. The minimum absolute atomic E-state index is 0.367. The van der Waals surface area contributed by atoms with Crippen molar-refractivity contribution in [2.45, 2.75) is 13.8 Å². The predicted octanol–water partition coefficient (Wildman–Crippen LogP) is 3.36. The molecule has 5 heteroatoms. The molecule has 0 N–H and O–H groups in total. The van der Waals surface area contributed by atoms with E-state index in [1.165, 1.54) is 6.07 Å². The lowest BCUT2D eigenvalue weighted by atomic mass is 10.1. The Hall–Kier alpha value is -2.69. The summed E-state index contributed by atoms with van der Waals surface area (Å²) in [6.45, 7) is 3.79. The van der Waals surface area contributed by atoms with Gasteiger partial charge in [0.1, 0.15) is 5.82 Å². The van der Waals surface area contributed by atoms with Crippen molar-refractivity contribution in [2.24, 2.45) is 0 Å². The van der Waals surface area contributed by atoms with Crippen molar-refractivity contribution in [3.63, 3.8) is 0 Å². The highest BCUT2D eigenvalue weighted by molar-refractivity contribution is 5.63. The Morgan fingerprint density at radius 1 is 0.762 bits per heavy atom. The monoisotopic (exact) mass is 280 g/mol. The molecule has 3 rings (SSSR count). The van der Waals surface area contributed by atoms with Crippen LogP contribution in [0.1, 0.15) is 11.1 Å². The first-order valence-corrected chi connectivity index (χ1v) is 6.51. The van der Waals surface area contributed by atoms with Crippen LogP contribution in [0.3, 0.4) is 0 Å². The Kier molecular flexibility index (Phi) is 3.39. The second kappa shape index (κ2) is 5.36. The maximum atomic E-state index is 14.3. The number of aromatic nitrogens is 4. The minimum Gasteiger partial charge on any atom is -0.236 e. The van der Waals surface area contributed by atoms with Crippen LogP contribution in [-0.2, 0) is 0 Å². The van der Waals surface area contributed by atoms with Crippen molar-refractivity contribution < 1.29 is 4.39 Å². The van der Waals surface area contributed by atoms with Crippen LogP contribution < -0.4 is 0 Å². The lowest BCUT2D eigenvalue weighted by molar-refractivity contribution is 0.630. The van der Waals surface area contributed by atoms with E-state index in [2.05, 4.69) is 19.9 Å². The van der Waals surface area contributed by atoms with Gasteiger partial charge in [-0.15, -0.1) is 0 Å². The van der Waals surface area contributed by atoms with Gasteiger partial charge in [-0.05, 0) is 37.1 Å². The molecule has 0 aliphatic rings. The molecule has 0 atom stereocenters. The van der Waals surface area contributed by atoms with E-state index in [1.54, 1.807) is 36.9 Å². The molecule has 0 fully saturated rings. The van der Waals surface area contributed by atoms with Gasteiger partial charge in [0.25, 0.3) is 0 Å². The SMILES string of the molecule is Cc1cnc(-c2ccc(-c3ncc(C)cn3)c(F)c2)nc1. The number of hydrogen-bond donors (Lipinski definition) is 0. The van der Waals surface area contributed by atoms with Crippen molar-refractivity contribution in [2.75, 3.05) is 0 Å². The molecule has 0 saturated heterocycles. The number of nitrogens with zero attached hydrogens (tertiary/aromatic N) is 4. The zero-order valence-corrected chi connectivity index (χ0v) is 11.7. The second-order valence-electron chi connectivity index (χ2n) is 4.86. The summed E-state index contributed by atoms with van der Waals surface area (Å²) in [5, 5.41) is 0. The molecule has 0 amide bonds. The van der Waals surface area contributed by atoms with Crippen molar-refractivity contribution in [3.8, 4) is 22.8 Å². The topological polar surface area (TPSA) is 51.6 Å². The van der Waals surface area contributed by atoms with Gasteiger partial charge in [-0.2, -0.15) is 0 Å². The Morgan fingerprint density at radius 2 is 1.29 bits per heavy atom. The Morgan fingerprint density at radius 3 is 1.81 bits per heavy atom. The molecule has 4 nitrogen and oxygen atoms in total. The Labute approximate surface area is 121 Å². The molecule has 2 heterocycles. The zero-order valence-electron chi connectivity index (χ0n) is 11.7. The smallest absolute Gasteiger partial charge is 0.162 e. The summed E-state index contributed by atoms with van der Waals surface area (Å²) < 4.78 is 14.3. The quantitative estimate of drug-likeness (QED) is 0.722. The van der Waals surface area contributed by atoms with Crippen molar-refractivity contribution in [3.05, 3.63) is 59.9 Å². The highest BCUT2D eigenvalue weighted by Gasteiger charge is 2.10. The Balaban J connectivity index is 1.99. The van der Waals surface area contributed by atoms with Gasteiger partial charge < -0.3 is 0 Å². The van der Waals surface area contributed by atoms with E-state index in [-0.39, 0.29) is 5.82 Å². The fourth-order valence-corrected chi connectivity index (χ4v) is 1.91. The summed E-state index contributed by atoms with van der Waals surface area (Å²) in [6, 6.07) is 4.83. The molecule has 0 unspecified atom stereocenters. The average molecular weight is 280 g/mol. The van der Waals surface area contributed by atoms with Crippen LogP contribution in [0.15, 0.2) is 43.0 Å². The number of aryl methyl sites for hydroxylation is 2. The van der Waals surface area contributed by atoms with Gasteiger partial charge in [0.2, 0.25) is 0 Å². The van der Waals surface area contributed by atoms with Crippen LogP contribution >= 0.6 is 0 Å². The molecular formula is C16H13FN4. The molecule has 3 aromatic rings. The van der Waals surface area contributed by atoms with E-state index in [0.29, 0.717) is 22.8 Å². The lowest BCUT2D eigenvalue weighted by Gasteiger charge is -2.05. The molecule has 0 saturated carbocycles. The molecule has 0 aliphatic carbocycles. The molecule has 0 spiro atoms. The van der Waals surface area contributed by atoms with Gasteiger partial charge >= 0.3 is 0 Å². The van der Waals surface area contributed by atoms with E-state index >= 15 is 0 Å². The first-order valence-electron chi connectivity index (χ1n) is 6.51. The molecular weight excluding hydrogens is 267 g/mol. The van der Waals surface area contributed by atoms with E-state index in [9.17, 15) is 4.39 Å². The van der Waals surface area contributed by atoms with Crippen LogP contribution in [0.5, 0.6) is 0 Å². The van der Waals surface area contributed by atoms with Crippen LogP contribution in [0.4, 0.5) is 4.39 Å². The first-order chi connectivity index (χ1) is 10.1. The summed E-state index contributed by atoms with van der Waals surface area (Å²) in [7, 11) is 0. The number of benzene rings is 1. The number of hydrogen-bond acceptors (Lipinski definition) is 4. The van der Waals surface area contributed by atoms with Crippen molar-refractivity contribution >= 4 is 0 Å². The number of halogens is 1. The zero-order chi connectivity index (χ0) is 14.8. The summed E-state index contributed by atoms with van der Waals surface area (Å²) in [6.07, 6.45) is 6.74. The van der Waals surface area contributed by atoms with Crippen LogP contribution in [0.25, 0.3) is 22.8 Å². The van der Waals surface area contributed by atoms with E-state index in [0.717, 1.165) is 11.1 Å². The lowest BCUT2D eigenvalue weighted by Crippen LogP contribution is -1.94. The third-order valence-electron chi connectivity index (χ3n) is 3.03. The average Bonchev–Trinajstić information content (AvgIpc) is 2.49. The van der Waals surface area contributed by atoms with Gasteiger partial charge in [-0.25, -0.2) is 24.3 Å². The van der Waals surface area contributed by atoms with Crippen LogP contribution in [0.2, 0.25) is 0 Å². The highest BCUT2D eigenvalue weighted by atomic mass is 19.1. The van der Waals surface area contributed by atoms with Crippen molar-refractivity contribution in [1.29, 1.82) is 0 Å². The van der Waals surface area contributed by atoms with Gasteiger partial charge in [0.15, 0.2) is 11.6 Å². The molecule has 1 aromatic carbocycles. The predicted molar refractivity (Wildman–Crippen MR) is 77.9 cm³/mol. The third-order valence-corrected chi connectivity index (χ3v) is 3.03. The normalized spacial score (nSPS) is 10.6. The van der Waals surface area contributed by atoms with Gasteiger partial charge in [-0.1, -0.05) is 6.07 Å². The maximum Gasteiger partial charge on any atom is 0.162 e. The molecule has 2 aromatic heterocycles. The molecule has 21 heavy (non-hydrogen) atoms. The van der Waals surface area contributed by atoms with Gasteiger partial charge in [0, 0.05) is 30.4 Å². The van der Waals surface area contributed by atoms with E-state index in [1.807, 2.05) is 13.8 Å². The van der Waals surface area contributed by atoms with Gasteiger partial charge in [0.05, 0.1) is 5.56 Å². The molecule has 0 radical (unpaired) electrons. The Bertz CT molecular complexity index is 767. The third kappa shape index (κ3) is 2.76. The summed E-state index contributed by atoms with van der Waals surface area (Å²) in [5.74, 6) is 0.478. The summed E-state index contributed by atoms with van der Waals surface area (Å²) in [4.78, 5) is 16.7. The van der Waals surface area contributed by atoms with E-state index in [4.69, 9.17) is 0 Å². The fourth-order valence-electron chi connectivity index (χ4n) is 1.91. The van der Waals surface area contributed by atoms with Crippen LogP contribution in [0, 0.1) is 19.7 Å². The summed E-state index contributed by atoms with van der Waals surface area (Å²) in [5.41, 5.74) is 2.89. The summed E-state index contributed by atoms with van der Waals surface area (Å²) >= 11 is 0. The molecule has 0 aliphatic heterocycles. The highest BCUT2D eigenvalue weighted by Crippen LogP contribution is 2.24. The van der Waals surface area contributed by atoms with Crippen molar-refractivity contribution in [1.82, 2.24) is 19.9 Å². The fraction of sp³-hybridized carbons (Fsp3) is 0.125. The minimum atomic E-state index is -0.388. The largest absolute Gasteiger partial charge is 0.236 e. The molecule has 0 bridgehead atoms. The maximum absolute atomic E-state index is 14.3. The van der Waals surface area contributed by atoms with Gasteiger partial charge in [-0.3, -0.25) is 0 Å². The van der Waals surface area contributed by atoms with E-state index < -0.39 is 0 Å². The molecule has 104 valence electrons. The first kappa shape index (κ1) is 13.3. The number of rotatable bonds is 2. The van der Waals surface area contributed by atoms with Crippen LogP contribution in [-0.4, -0.2) is 19.9 Å². The standard InChI is InChI=1S/C16H13FN4/c1-10-6-18-15(19-7-10)12-3-4-13(14(17)5-12)16-20-8-11(2)9-21-16/h3-9H,1-2H3.